The predicted octanol–water partition coefficient (Wildman–Crippen LogP) is 4.11. The Labute approximate surface area is 172 Å². The first-order chi connectivity index (χ1) is 12.9. The molecule has 3 rings (SSSR count). The van der Waals surface area contributed by atoms with Crippen LogP contribution in [0.15, 0.2) is 57.9 Å². The second-order valence-electron chi connectivity index (χ2n) is 6.31. The molecule has 0 aliphatic carbocycles. The van der Waals surface area contributed by atoms with Crippen molar-refractivity contribution in [1.82, 2.24) is 4.31 Å². The minimum absolute atomic E-state index is 0.146. The molecule has 1 aliphatic heterocycles. The molecule has 0 spiro atoms. The molecule has 0 saturated carbocycles. The second-order valence-corrected chi connectivity index (χ2v) is 10.1. The number of hydrogen-bond acceptors (Lipinski definition) is 4. The first-order valence-corrected chi connectivity index (χ1v) is 12.1. The highest BCUT2D eigenvalue weighted by Gasteiger charge is 2.27. The van der Waals surface area contributed by atoms with Crippen LogP contribution in [0.2, 0.25) is 0 Å². The van der Waals surface area contributed by atoms with E-state index in [-0.39, 0.29) is 10.8 Å². The fourth-order valence-electron chi connectivity index (χ4n) is 2.85. The molecule has 1 heterocycles. The number of thioether (sulfide) groups is 1. The summed E-state index contributed by atoms with van der Waals surface area (Å²) in [6.45, 7) is 1.12. The first-order valence-electron chi connectivity index (χ1n) is 8.67. The minimum atomic E-state index is -3.48. The van der Waals surface area contributed by atoms with E-state index in [0.717, 1.165) is 28.6 Å². The van der Waals surface area contributed by atoms with E-state index in [2.05, 4.69) is 21.2 Å². The second kappa shape index (κ2) is 9.23. The summed E-state index contributed by atoms with van der Waals surface area (Å²) in [6.07, 6.45) is 1.79. The van der Waals surface area contributed by atoms with E-state index in [1.54, 1.807) is 18.2 Å². The van der Waals surface area contributed by atoms with Crippen molar-refractivity contribution in [1.29, 1.82) is 0 Å². The van der Waals surface area contributed by atoms with Gasteiger partial charge >= 0.3 is 0 Å². The molecular formula is C19H21BrN2O3S2. The highest BCUT2D eigenvalue weighted by atomic mass is 79.9. The molecule has 1 aliphatic rings. The molecule has 144 valence electrons. The minimum Gasteiger partial charge on any atom is -0.325 e. The number of halogens is 1. The van der Waals surface area contributed by atoms with Crippen LogP contribution in [-0.4, -0.2) is 37.5 Å². The lowest BCUT2D eigenvalue weighted by atomic mass is 10.2. The number of amides is 1. The Morgan fingerprint density at radius 3 is 2.52 bits per heavy atom. The van der Waals surface area contributed by atoms with Crippen LogP contribution < -0.4 is 5.32 Å². The SMILES string of the molecule is O=C(CSCc1ccc(Br)cc1)Nc1cccc(S(=O)(=O)N2CCCC2)c1. The van der Waals surface area contributed by atoms with Crippen molar-refractivity contribution in [2.75, 3.05) is 24.2 Å². The van der Waals surface area contributed by atoms with Crippen molar-refractivity contribution in [2.45, 2.75) is 23.5 Å². The maximum atomic E-state index is 12.6. The van der Waals surface area contributed by atoms with E-state index in [0.29, 0.717) is 24.5 Å². The summed E-state index contributed by atoms with van der Waals surface area (Å²) in [5, 5.41) is 2.79. The number of hydrogen-bond donors (Lipinski definition) is 1. The molecule has 2 aromatic rings. The Balaban J connectivity index is 1.55. The van der Waals surface area contributed by atoms with Gasteiger partial charge in [-0.25, -0.2) is 8.42 Å². The van der Waals surface area contributed by atoms with Crippen molar-refractivity contribution in [3.63, 3.8) is 0 Å². The molecule has 0 aromatic heterocycles. The van der Waals surface area contributed by atoms with Crippen LogP contribution in [0.5, 0.6) is 0 Å². The van der Waals surface area contributed by atoms with Crippen LogP contribution in [0.25, 0.3) is 0 Å². The third kappa shape index (κ3) is 5.57. The molecule has 5 nitrogen and oxygen atoms in total. The van der Waals surface area contributed by atoms with Gasteiger partial charge < -0.3 is 5.32 Å². The molecule has 0 bridgehead atoms. The van der Waals surface area contributed by atoms with Gasteiger partial charge in [0.05, 0.1) is 10.6 Å². The quantitative estimate of drug-likeness (QED) is 0.663. The molecule has 1 N–H and O–H groups in total. The van der Waals surface area contributed by atoms with E-state index in [9.17, 15) is 13.2 Å². The van der Waals surface area contributed by atoms with Crippen molar-refractivity contribution in [3.05, 3.63) is 58.6 Å². The molecule has 27 heavy (non-hydrogen) atoms. The summed E-state index contributed by atoms with van der Waals surface area (Å²) in [5.74, 6) is 0.899. The van der Waals surface area contributed by atoms with Crippen LogP contribution in [0.1, 0.15) is 18.4 Å². The molecule has 1 fully saturated rings. The third-order valence-electron chi connectivity index (χ3n) is 4.24. The van der Waals surface area contributed by atoms with Gasteiger partial charge in [0.15, 0.2) is 0 Å². The Bertz CT molecular complexity index is 895. The molecule has 8 heteroatoms. The molecule has 1 amide bonds. The number of anilines is 1. The number of nitrogens with one attached hydrogen (secondary N) is 1. The summed E-state index contributed by atoms with van der Waals surface area (Å²) in [7, 11) is -3.48. The van der Waals surface area contributed by atoms with Crippen LogP contribution in [-0.2, 0) is 20.6 Å². The molecule has 2 aromatic carbocycles. The summed E-state index contributed by atoms with van der Waals surface area (Å²) >= 11 is 4.91. The van der Waals surface area contributed by atoms with E-state index in [1.165, 1.54) is 22.1 Å². The van der Waals surface area contributed by atoms with Crippen LogP contribution in [0.4, 0.5) is 5.69 Å². The van der Waals surface area contributed by atoms with E-state index in [4.69, 9.17) is 0 Å². The topological polar surface area (TPSA) is 66.5 Å². The number of carbonyl (C=O) groups is 1. The van der Waals surface area contributed by atoms with E-state index < -0.39 is 10.0 Å². The van der Waals surface area contributed by atoms with Crippen molar-refractivity contribution in [3.8, 4) is 0 Å². The predicted molar refractivity (Wildman–Crippen MR) is 113 cm³/mol. The average molecular weight is 469 g/mol. The maximum absolute atomic E-state index is 12.6. The Morgan fingerprint density at radius 1 is 1.11 bits per heavy atom. The largest absolute Gasteiger partial charge is 0.325 e. The van der Waals surface area contributed by atoms with Gasteiger partial charge in [-0.2, -0.15) is 4.31 Å². The Hall–Kier alpha value is -1.35. The molecule has 1 saturated heterocycles. The highest BCUT2D eigenvalue weighted by Crippen LogP contribution is 2.23. The number of carbonyl (C=O) groups excluding carboxylic acids is 1. The van der Waals surface area contributed by atoms with Gasteiger partial charge in [0, 0.05) is 29.0 Å². The summed E-state index contributed by atoms with van der Waals surface area (Å²) < 4.78 is 27.8. The smallest absolute Gasteiger partial charge is 0.243 e. The number of rotatable bonds is 7. The van der Waals surface area contributed by atoms with Crippen LogP contribution in [0, 0.1) is 0 Å². The van der Waals surface area contributed by atoms with Gasteiger partial charge in [-0.3, -0.25) is 4.79 Å². The molecule has 0 atom stereocenters. The number of sulfonamides is 1. The lowest BCUT2D eigenvalue weighted by Gasteiger charge is -2.16. The molecule has 0 radical (unpaired) electrons. The lowest BCUT2D eigenvalue weighted by Crippen LogP contribution is -2.28. The Kier molecular flexibility index (Phi) is 6.97. The zero-order chi connectivity index (χ0) is 19.3. The average Bonchev–Trinajstić information content (AvgIpc) is 3.19. The van der Waals surface area contributed by atoms with E-state index in [1.807, 2.05) is 24.3 Å². The zero-order valence-corrected chi connectivity index (χ0v) is 17.9. The monoisotopic (exact) mass is 468 g/mol. The van der Waals surface area contributed by atoms with E-state index >= 15 is 0 Å². The van der Waals surface area contributed by atoms with Gasteiger partial charge in [-0.15, -0.1) is 11.8 Å². The fourth-order valence-corrected chi connectivity index (χ4v) is 5.47. The van der Waals surface area contributed by atoms with Crippen molar-refractivity contribution in [2.24, 2.45) is 0 Å². The number of benzene rings is 2. The zero-order valence-electron chi connectivity index (χ0n) is 14.7. The highest BCUT2D eigenvalue weighted by molar-refractivity contribution is 9.10. The van der Waals surface area contributed by atoms with Gasteiger partial charge in [-0.05, 0) is 48.7 Å². The van der Waals surface area contributed by atoms with Crippen LogP contribution in [0.3, 0.4) is 0 Å². The first kappa shape index (κ1) is 20.4. The summed E-state index contributed by atoms with van der Waals surface area (Å²) in [6, 6.07) is 14.5. The van der Waals surface area contributed by atoms with Crippen molar-refractivity contribution < 1.29 is 13.2 Å². The molecular weight excluding hydrogens is 448 g/mol. The molecule has 0 unspecified atom stereocenters. The van der Waals surface area contributed by atoms with Gasteiger partial charge in [-0.1, -0.05) is 34.1 Å². The normalized spacial score (nSPS) is 15.0. The van der Waals surface area contributed by atoms with Crippen molar-refractivity contribution >= 4 is 49.3 Å². The van der Waals surface area contributed by atoms with Gasteiger partial charge in [0.1, 0.15) is 0 Å². The fraction of sp³-hybridized carbons (Fsp3) is 0.316. The van der Waals surface area contributed by atoms with Crippen LogP contribution >= 0.6 is 27.7 Å². The van der Waals surface area contributed by atoms with Gasteiger partial charge in [0.2, 0.25) is 15.9 Å². The number of nitrogens with zero attached hydrogens (tertiary/aromatic N) is 1. The Morgan fingerprint density at radius 2 is 1.81 bits per heavy atom. The standard InChI is InChI=1S/C19H21BrN2O3S2/c20-16-8-6-15(7-9-16)13-26-14-19(23)21-17-4-3-5-18(12-17)27(24,25)22-10-1-2-11-22/h3-9,12H,1-2,10-11,13-14H2,(H,21,23). The van der Waals surface area contributed by atoms with Gasteiger partial charge in [0.25, 0.3) is 0 Å². The lowest BCUT2D eigenvalue weighted by molar-refractivity contribution is -0.113. The summed E-state index contributed by atoms with van der Waals surface area (Å²) in [5.41, 5.74) is 1.65. The maximum Gasteiger partial charge on any atom is 0.243 e. The summed E-state index contributed by atoms with van der Waals surface area (Å²) in [4.78, 5) is 12.4. The third-order valence-corrected chi connectivity index (χ3v) is 7.66.